The molecule has 1 amide bonds. The zero-order chi connectivity index (χ0) is 15.5. The number of β-amino-alcohol motifs (C(OH)–C–C–N with tert-alkyl or cyclic N) is 1. The predicted molar refractivity (Wildman–Crippen MR) is 87.1 cm³/mol. The third-order valence-electron chi connectivity index (χ3n) is 3.68. The molecule has 2 aromatic rings. The number of carbonyl (C=O) groups is 1. The van der Waals surface area contributed by atoms with E-state index < -0.39 is 0 Å². The van der Waals surface area contributed by atoms with Gasteiger partial charge in [0.25, 0.3) is 5.91 Å². The van der Waals surface area contributed by atoms with Crippen LogP contribution in [-0.2, 0) is 6.54 Å². The summed E-state index contributed by atoms with van der Waals surface area (Å²) in [5.41, 5.74) is 2.61. The van der Waals surface area contributed by atoms with Gasteiger partial charge in [0.15, 0.2) is 5.13 Å². The number of nitrogens with one attached hydrogen (secondary N) is 1. The van der Waals surface area contributed by atoms with Crippen LogP contribution < -0.4 is 5.32 Å². The van der Waals surface area contributed by atoms with Gasteiger partial charge in [0.1, 0.15) is 0 Å². The van der Waals surface area contributed by atoms with Gasteiger partial charge in [0.2, 0.25) is 0 Å². The summed E-state index contributed by atoms with van der Waals surface area (Å²) in [6.07, 6.45) is 0.600. The largest absolute Gasteiger partial charge is 0.392 e. The van der Waals surface area contributed by atoms with Crippen LogP contribution in [0.3, 0.4) is 0 Å². The highest BCUT2D eigenvalue weighted by molar-refractivity contribution is 7.13. The fourth-order valence-corrected chi connectivity index (χ4v) is 3.29. The van der Waals surface area contributed by atoms with Gasteiger partial charge in [-0.3, -0.25) is 15.0 Å². The van der Waals surface area contributed by atoms with Crippen LogP contribution in [0.15, 0.2) is 29.6 Å². The lowest BCUT2D eigenvalue weighted by Crippen LogP contribution is -2.21. The van der Waals surface area contributed by atoms with Crippen LogP contribution in [0, 0.1) is 6.92 Å². The zero-order valence-corrected chi connectivity index (χ0v) is 13.3. The van der Waals surface area contributed by atoms with E-state index in [-0.39, 0.29) is 12.0 Å². The number of benzene rings is 1. The van der Waals surface area contributed by atoms with Crippen molar-refractivity contribution in [2.24, 2.45) is 0 Å². The Hall–Kier alpha value is -1.76. The molecular formula is C16H19N3O2S. The zero-order valence-electron chi connectivity index (χ0n) is 12.5. The second-order valence-corrected chi connectivity index (χ2v) is 6.48. The maximum Gasteiger partial charge on any atom is 0.257 e. The Labute approximate surface area is 133 Å². The minimum absolute atomic E-state index is 0.141. The molecule has 0 saturated carbocycles. The van der Waals surface area contributed by atoms with Crippen molar-refractivity contribution >= 4 is 22.4 Å². The Morgan fingerprint density at radius 2 is 2.41 bits per heavy atom. The first-order chi connectivity index (χ1) is 10.6. The van der Waals surface area contributed by atoms with Crippen molar-refractivity contribution in [1.82, 2.24) is 9.88 Å². The number of aryl methyl sites for hydroxylation is 1. The highest BCUT2D eigenvalue weighted by atomic mass is 32.1. The maximum absolute atomic E-state index is 12.3. The molecule has 1 aromatic heterocycles. The molecule has 3 rings (SSSR count). The first-order valence-corrected chi connectivity index (χ1v) is 8.21. The van der Waals surface area contributed by atoms with Gasteiger partial charge >= 0.3 is 0 Å². The van der Waals surface area contributed by atoms with Crippen LogP contribution in [0.1, 0.15) is 28.0 Å². The van der Waals surface area contributed by atoms with E-state index in [0.29, 0.717) is 17.2 Å². The predicted octanol–water partition coefficient (Wildman–Crippen LogP) is 2.27. The summed E-state index contributed by atoms with van der Waals surface area (Å²) < 4.78 is 0. The van der Waals surface area contributed by atoms with Crippen LogP contribution in [0.2, 0.25) is 0 Å². The molecule has 1 fully saturated rings. The summed E-state index contributed by atoms with van der Waals surface area (Å²) in [5, 5.41) is 14.9. The number of hydrogen-bond donors (Lipinski definition) is 2. The molecule has 0 bridgehead atoms. The van der Waals surface area contributed by atoms with Gasteiger partial charge in [-0.15, -0.1) is 11.3 Å². The molecule has 116 valence electrons. The van der Waals surface area contributed by atoms with E-state index in [0.717, 1.165) is 30.8 Å². The Balaban J connectivity index is 1.66. The molecule has 0 spiro atoms. The molecule has 1 atom stereocenters. The third kappa shape index (κ3) is 3.71. The van der Waals surface area contributed by atoms with E-state index in [1.165, 1.54) is 11.3 Å². The molecular weight excluding hydrogens is 298 g/mol. The number of thiazole rings is 1. The van der Waals surface area contributed by atoms with Gasteiger partial charge < -0.3 is 5.11 Å². The number of rotatable bonds is 4. The van der Waals surface area contributed by atoms with E-state index >= 15 is 0 Å². The highest BCUT2D eigenvalue weighted by Crippen LogP contribution is 2.17. The quantitative estimate of drug-likeness (QED) is 0.908. The molecule has 2 N–H and O–H groups in total. The van der Waals surface area contributed by atoms with Crippen LogP contribution in [0.5, 0.6) is 0 Å². The minimum atomic E-state index is -0.223. The van der Waals surface area contributed by atoms with Gasteiger partial charge in [-0.1, -0.05) is 12.1 Å². The fourth-order valence-electron chi connectivity index (χ4n) is 2.61. The lowest BCUT2D eigenvalue weighted by molar-refractivity contribution is 0.102. The second kappa shape index (κ2) is 6.56. The maximum atomic E-state index is 12.3. The standard InChI is InChI=1S/C16H19N3O2S/c1-11-10-22-16(17-11)18-15(21)13-4-2-3-12(7-13)8-19-6-5-14(20)9-19/h2-4,7,10,14,20H,5-6,8-9H2,1H3,(H,17,18,21)/t14-/m0/s1. The topological polar surface area (TPSA) is 65.5 Å². The number of aliphatic hydroxyl groups is 1. The van der Waals surface area contributed by atoms with Crippen molar-refractivity contribution in [2.45, 2.75) is 26.0 Å². The lowest BCUT2D eigenvalue weighted by Gasteiger charge is -2.15. The van der Waals surface area contributed by atoms with Crippen molar-refractivity contribution in [3.63, 3.8) is 0 Å². The van der Waals surface area contributed by atoms with E-state index in [1.54, 1.807) is 6.07 Å². The summed E-state index contributed by atoms with van der Waals surface area (Å²) in [5.74, 6) is -0.141. The number of aromatic nitrogens is 1. The molecule has 22 heavy (non-hydrogen) atoms. The first-order valence-electron chi connectivity index (χ1n) is 7.33. The van der Waals surface area contributed by atoms with Gasteiger partial charge in [-0.25, -0.2) is 4.98 Å². The molecule has 0 aliphatic carbocycles. The van der Waals surface area contributed by atoms with E-state index in [9.17, 15) is 9.90 Å². The second-order valence-electron chi connectivity index (χ2n) is 5.63. The average molecular weight is 317 g/mol. The molecule has 6 heteroatoms. The van der Waals surface area contributed by atoms with Crippen molar-refractivity contribution in [3.05, 3.63) is 46.5 Å². The monoisotopic (exact) mass is 317 g/mol. The van der Waals surface area contributed by atoms with Crippen molar-refractivity contribution in [2.75, 3.05) is 18.4 Å². The van der Waals surface area contributed by atoms with Crippen molar-refractivity contribution in [3.8, 4) is 0 Å². The number of likely N-dealkylation sites (tertiary alicyclic amines) is 1. The molecule has 5 nitrogen and oxygen atoms in total. The number of nitrogens with zero attached hydrogens (tertiary/aromatic N) is 2. The Bertz CT molecular complexity index is 671. The van der Waals surface area contributed by atoms with Crippen LogP contribution in [0.25, 0.3) is 0 Å². The lowest BCUT2D eigenvalue weighted by atomic mass is 10.1. The molecule has 1 aliphatic rings. The van der Waals surface area contributed by atoms with Gasteiger partial charge in [-0.2, -0.15) is 0 Å². The van der Waals surface area contributed by atoms with E-state index in [1.807, 2.05) is 30.5 Å². The minimum Gasteiger partial charge on any atom is -0.392 e. The normalized spacial score (nSPS) is 18.5. The Kier molecular flexibility index (Phi) is 4.52. The molecule has 1 aliphatic heterocycles. The first kappa shape index (κ1) is 15.1. The summed E-state index contributed by atoms with van der Waals surface area (Å²) in [6.45, 7) is 4.26. The molecule has 0 unspecified atom stereocenters. The summed E-state index contributed by atoms with van der Waals surface area (Å²) in [4.78, 5) is 18.7. The van der Waals surface area contributed by atoms with E-state index in [4.69, 9.17) is 0 Å². The number of aliphatic hydroxyl groups excluding tert-OH is 1. The number of hydrogen-bond acceptors (Lipinski definition) is 5. The summed E-state index contributed by atoms with van der Waals surface area (Å²) >= 11 is 1.42. The number of amides is 1. The van der Waals surface area contributed by atoms with Crippen LogP contribution in [-0.4, -0.2) is 40.1 Å². The van der Waals surface area contributed by atoms with Crippen LogP contribution >= 0.6 is 11.3 Å². The number of carbonyl (C=O) groups excluding carboxylic acids is 1. The molecule has 2 heterocycles. The average Bonchev–Trinajstić information content (AvgIpc) is 3.08. The Morgan fingerprint density at radius 3 is 3.09 bits per heavy atom. The van der Waals surface area contributed by atoms with Crippen molar-refractivity contribution in [1.29, 1.82) is 0 Å². The summed E-state index contributed by atoms with van der Waals surface area (Å²) in [7, 11) is 0. The van der Waals surface area contributed by atoms with Gasteiger partial charge in [0.05, 0.1) is 11.8 Å². The number of anilines is 1. The molecule has 1 saturated heterocycles. The molecule has 1 aromatic carbocycles. The Morgan fingerprint density at radius 1 is 1.55 bits per heavy atom. The van der Waals surface area contributed by atoms with Gasteiger partial charge in [-0.05, 0) is 31.0 Å². The fraction of sp³-hybridized carbons (Fsp3) is 0.375. The van der Waals surface area contributed by atoms with Crippen molar-refractivity contribution < 1.29 is 9.90 Å². The highest BCUT2D eigenvalue weighted by Gasteiger charge is 2.20. The smallest absolute Gasteiger partial charge is 0.257 e. The van der Waals surface area contributed by atoms with Crippen LogP contribution in [0.4, 0.5) is 5.13 Å². The van der Waals surface area contributed by atoms with Gasteiger partial charge in [0, 0.05) is 30.6 Å². The SMILES string of the molecule is Cc1csc(NC(=O)c2cccc(CN3CC[C@H](O)C3)c2)n1. The van der Waals surface area contributed by atoms with E-state index in [2.05, 4.69) is 15.2 Å². The third-order valence-corrected chi connectivity index (χ3v) is 4.56. The summed E-state index contributed by atoms with van der Waals surface area (Å²) in [6, 6.07) is 7.61. The molecule has 0 radical (unpaired) electrons.